The molecule has 4 heterocycles. The molecule has 0 bridgehead atoms. The van der Waals surface area contributed by atoms with Gasteiger partial charge in [-0.1, -0.05) is 13.8 Å². The van der Waals surface area contributed by atoms with Crippen molar-refractivity contribution in [3.05, 3.63) is 0 Å². The Balaban J connectivity index is 1.83. The summed E-state index contributed by atoms with van der Waals surface area (Å²) in [6, 6.07) is -0.332. The Kier molecular flexibility index (Phi) is 14.1. The fraction of sp³-hybridized carbons (Fsp3) is 0.921. The molecule has 312 valence electrons. The molecule has 0 saturated carbocycles. The quantitative estimate of drug-likeness (QED) is 0.252. The summed E-state index contributed by atoms with van der Waals surface area (Å²) in [4.78, 5) is 42.4. The zero-order valence-electron chi connectivity index (χ0n) is 34.2. The summed E-state index contributed by atoms with van der Waals surface area (Å²) in [6.07, 6.45) is -11.1. The van der Waals surface area contributed by atoms with Crippen LogP contribution in [0.1, 0.15) is 94.9 Å². The number of carbonyl (C=O) groups excluding carboxylic acids is 3. The fourth-order valence-electron chi connectivity index (χ4n) is 8.76. The van der Waals surface area contributed by atoms with E-state index in [2.05, 4.69) is 0 Å². The molecule has 0 aromatic carbocycles. The maximum atomic E-state index is 14.3. The maximum Gasteiger partial charge on any atom is 0.509 e. The third-order valence-corrected chi connectivity index (χ3v) is 12.0. The van der Waals surface area contributed by atoms with Crippen molar-refractivity contribution in [1.29, 1.82) is 0 Å². The summed E-state index contributed by atoms with van der Waals surface area (Å²) < 4.78 is 54.4. The third-order valence-electron chi connectivity index (χ3n) is 12.0. The normalized spacial score (nSPS) is 48.5. The van der Waals surface area contributed by atoms with Gasteiger partial charge in [0.25, 0.3) is 0 Å². The predicted octanol–water partition coefficient (Wildman–Crippen LogP) is 2.69. The van der Waals surface area contributed by atoms with E-state index in [1.54, 1.807) is 48.5 Å². The first-order valence-electron chi connectivity index (χ1n) is 19.2. The van der Waals surface area contributed by atoms with Crippen molar-refractivity contribution in [2.45, 2.75) is 185 Å². The molecule has 0 spiro atoms. The molecular weight excluding hydrogens is 710 g/mol. The van der Waals surface area contributed by atoms with Crippen LogP contribution in [-0.4, -0.2) is 150 Å². The Morgan fingerprint density at radius 3 is 2.07 bits per heavy atom. The lowest BCUT2D eigenvalue weighted by Crippen LogP contribution is -2.60. The highest BCUT2D eigenvalue weighted by atomic mass is 16.8. The average Bonchev–Trinajstić information content (AvgIpc) is 3.40. The second-order valence-electron chi connectivity index (χ2n) is 16.8. The summed E-state index contributed by atoms with van der Waals surface area (Å²) in [5.41, 5.74) is -4.42. The molecule has 18 atom stereocenters. The van der Waals surface area contributed by atoms with Crippen molar-refractivity contribution in [3.8, 4) is 0 Å². The average molecular weight is 776 g/mol. The number of rotatable bonds is 7. The summed E-state index contributed by atoms with van der Waals surface area (Å²) in [5.74, 6) is -4.43. The number of esters is 2. The number of aliphatic hydroxyl groups excluding tert-OH is 2. The van der Waals surface area contributed by atoms with Crippen LogP contribution in [-0.2, 0) is 52.2 Å². The Labute approximate surface area is 319 Å². The molecule has 54 heavy (non-hydrogen) atoms. The second kappa shape index (κ2) is 17.1. The van der Waals surface area contributed by atoms with Crippen LogP contribution in [0, 0.1) is 17.8 Å². The van der Waals surface area contributed by atoms with Gasteiger partial charge in [0.2, 0.25) is 0 Å². The second-order valence-corrected chi connectivity index (χ2v) is 16.8. The van der Waals surface area contributed by atoms with E-state index in [0.29, 0.717) is 6.42 Å². The van der Waals surface area contributed by atoms with Gasteiger partial charge in [-0.05, 0) is 82.3 Å². The smallest absolute Gasteiger partial charge is 0.462 e. The largest absolute Gasteiger partial charge is 0.509 e. The number of methoxy groups -OCH3 is 1. The maximum absolute atomic E-state index is 14.3. The first-order valence-corrected chi connectivity index (χ1v) is 19.2. The van der Waals surface area contributed by atoms with Gasteiger partial charge in [-0.3, -0.25) is 9.59 Å². The number of hydrogen-bond acceptors (Lipinski definition) is 16. The molecule has 0 aromatic heterocycles. The van der Waals surface area contributed by atoms with Gasteiger partial charge in [0.1, 0.15) is 24.4 Å². The molecule has 0 amide bonds. The van der Waals surface area contributed by atoms with E-state index in [1.807, 2.05) is 25.9 Å². The number of nitrogens with zero attached hydrogens (tertiary/aromatic N) is 1. The highest BCUT2D eigenvalue weighted by molar-refractivity contribution is 5.76. The van der Waals surface area contributed by atoms with E-state index in [1.165, 1.54) is 21.0 Å². The standard InChI is InChI=1S/C38H65NO15/c1-14-25-38(10)31(53-35(44)54-38)22(6)33(43)47-19(3)16-36(8,45)30(52-34-27(40)24(39(11)12)15-18(2)48-34)20(4)28(21(5)32(42)50-25)51-26-17-37(9,46-13)29(41)23(7)49-26/h18-31,34,40-41,45H,14-17H2,1-13H3/t18-,19+,20+,21-,22+,23+,24+,25-,26+,27-,28+,29+,30-,31-,34+,36-,37-,38-/m1/s1. The zero-order chi connectivity index (χ0) is 40.7. The molecule has 0 unspecified atom stereocenters. The predicted molar refractivity (Wildman–Crippen MR) is 191 cm³/mol. The van der Waals surface area contributed by atoms with Crippen LogP contribution in [0.2, 0.25) is 0 Å². The Morgan fingerprint density at radius 2 is 1.48 bits per heavy atom. The van der Waals surface area contributed by atoms with Crippen molar-refractivity contribution in [2.75, 3.05) is 21.2 Å². The summed E-state index contributed by atoms with van der Waals surface area (Å²) in [7, 11) is 5.18. The van der Waals surface area contributed by atoms with Crippen LogP contribution in [0.5, 0.6) is 0 Å². The van der Waals surface area contributed by atoms with E-state index in [4.69, 9.17) is 42.6 Å². The number of ether oxygens (including phenoxy) is 9. The number of hydrogen-bond donors (Lipinski definition) is 3. The van der Waals surface area contributed by atoms with Crippen molar-refractivity contribution in [3.63, 3.8) is 0 Å². The van der Waals surface area contributed by atoms with Gasteiger partial charge in [-0.25, -0.2) is 4.79 Å². The minimum Gasteiger partial charge on any atom is -0.462 e. The lowest BCUT2D eigenvalue weighted by atomic mass is 9.79. The van der Waals surface area contributed by atoms with E-state index in [-0.39, 0.29) is 31.4 Å². The molecule has 4 saturated heterocycles. The minimum atomic E-state index is -1.80. The summed E-state index contributed by atoms with van der Waals surface area (Å²) in [6.45, 7) is 16.6. The van der Waals surface area contributed by atoms with Crippen molar-refractivity contribution < 1.29 is 72.3 Å². The van der Waals surface area contributed by atoms with Crippen molar-refractivity contribution >= 4 is 18.1 Å². The van der Waals surface area contributed by atoms with Crippen molar-refractivity contribution in [2.24, 2.45) is 17.8 Å². The molecule has 16 heteroatoms. The number of cyclic esters (lactones) is 2. The number of likely N-dealkylation sites (N-methyl/N-ethyl adjacent to an activating group) is 1. The molecule has 4 aliphatic rings. The van der Waals surface area contributed by atoms with Gasteiger partial charge in [-0.2, -0.15) is 0 Å². The molecule has 4 rings (SSSR count). The molecule has 0 aromatic rings. The van der Waals surface area contributed by atoms with Gasteiger partial charge < -0.3 is 62.9 Å². The van der Waals surface area contributed by atoms with Gasteiger partial charge in [-0.15, -0.1) is 0 Å². The number of aliphatic hydroxyl groups is 3. The molecule has 16 nitrogen and oxygen atoms in total. The van der Waals surface area contributed by atoms with E-state index < -0.39 is 114 Å². The number of carbonyl (C=O) groups is 3. The fourth-order valence-corrected chi connectivity index (χ4v) is 8.76. The SMILES string of the molecule is CC[C@H]1OC(=O)[C@H](C)[C@@H](O[C@H]2C[C@@](C)(OC)[C@@H](O)[C@H](C)O2)[C@H](C)[C@@H](O[C@@H]2O[C@H](C)C[C@H](N(C)C)[C@H]2O)[C@](C)(O)C[C@H](C)OC(=O)[C@@H](C)[C@H]2OC(=O)O[C@@]21C. The van der Waals surface area contributed by atoms with Gasteiger partial charge >= 0.3 is 18.1 Å². The van der Waals surface area contributed by atoms with E-state index >= 15 is 0 Å². The molecule has 0 radical (unpaired) electrons. The van der Waals surface area contributed by atoms with Crippen LogP contribution in [0.25, 0.3) is 0 Å². The Hall–Kier alpha value is -2.15. The molecular formula is C38H65NO15. The summed E-state index contributed by atoms with van der Waals surface area (Å²) >= 11 is 0. The molecule has 0 aliphatic carbocycles. The Morgan fingerprint density at radius 1 is 0.852 bits per heavy atom. The minimum absolute atomic E-state index is 0.0872. The van der Waals surface area contributed by atoms with Gasteiger partial charge in [0.05, 0.1) is 47.5 Å². The van der Waals surface area contributed by atoms with Crippen LogP contribution in [0.15, 0.2) is 0 Å². The van der Waals surface area contributed by atoms with Crippen LogP contribution in [0.3, 0.4) is 0 Å². The van der Waals surface area contributed by atoms with Gasteiger partial charge in [0.15, 0.2) is 24.3 Å². The van der Waals surface area contributed by atoms with Gasteiger partial charge in [0, 0.05) is 31.9 Å². The first-order chi connectivity index (χ1) is 25.0. The molecule has 4 fully saturated rings. The highest BCUT2D eigenvalue weighted by Gasteiger charge is 2.59. The zero-order valence-corrected chi connectivity index (χ0v) is 34.2. The third kappa shape index (κ3) is 9.18. The molecule has 3 N–H and O–H groups in total. The van der Waals surface area contributed by atoms with Crippen LogP contribution >= 0.6 is 0 Å². The summed E-state index contributed by atoms with van der Waals surface area (Å²) in [5, 5.41) is 34.9. The van der Waals surface area contributed by atoms with E-state index in [9.17, 15) is 29.7 Å². The van der Waals surface area contributed by atoms with Crippen molar-refractivity contribution in [1.82, 2.24) is 4.90 Å². The topological polar surface area (TPSA) is 198 Å². The van der Waals surface area contributed by atoms with Crippen LogP contribution < -0.4 is 0 Å². The first kappa shape index (κ1) is 44.6. The lowest BCUT2D eigenvalue weighted by molar-refractivity contribution is -0.318. The highest BCUT2D eigenvalue weighted by Crippen LogP contribution is 2.42. The lowest BCUT2D eigenvalue weighted by Gasteiger charge is -2.48. The Bertz CT molecular complexity index is 1320. The van der Waals surface area contributed by atoms with Crippen LogP contribution in [0.4, 0.5) is 4.79 Å². The number of fused-ring (bicyclic) bond motifs is 1. The van der Waals surface area contributed by atoms with E-state index in [0.717, 1.165) is 0 Å². The monoisotopic (exact) mass is 775 g/mol. The molecule has 4 aliphatic heterocycles.